The number of ether oxygens (including phenoxy) is 1. The van der Waals surface area contributed by atoms with Gasteiger partial charge in [0, 0.05) is 24.9 Å². The molecule has 1 N–H and O–H groups in total. The Labute approximate surface area is 221 Å². The molecular formula is C32H40N2O3. The van der Waals surface area contributed by atoms with Crippen molar-refractivity contribution in [2.24, 2.45) is 0 Å². The number of nitrogens with one attached hydrogen (secondary N) is 1. The maximum Gasteiger partial charge on any atom is 0.243 e. The largest absolute Gasteiger partial charge is 0.497 e. The van der Waals surface area contributed by atoms with Crippen LogP contribution in [0.2, 0.25) is 0 Å². The highest BCUT2D eigenvalue weighted by Gasteiger charge is 2.32. The minimum Gasteiger partial charge on any atom is -0.497 e. The van der Waals surface area contributed by atoms with Crippen molar-refractivity contribution in [1.29, 1.82) is 0 Å². The number of methoxy groups -OCH3 is 1. The Morgan fingerprint density at radius 3 is 2.14 bits per heavy atom. The Bertz CT molecular complexity index is 1150. The van der Waals surface area contributed by atoms with E-state index in [-0.39, 0.29) is 11.8 Å². The summed E-state index contributed by atoms with van der Waals surface area (Å²) in [4.78, 5) is 29.2. The lowest BCUT2D eigenvalue weighted by molar-refractivity contribution is -0.141. The molecule has 0 saturated carbocycles. The second-order valence-electron chi connectivity index (χ2n) is 10.5. The van der Waals surface area contributed by atoms with E-state index < -0.39 is 11.6 Å². The van der Waals surface area contributed by atoms with Crippen LogP contribution in [0.3, 0.4) is 0 Å². The molecule has 37 heavy (non-hydrogen) atoms. The SMILES string of the molecule is CCc1ccc(CCC(=O)N(Cc2cccc(OC)c2)[C@@H](Cc2ccccc2)C(=O)NC(C)(C)C)cc1. The molecule has 5 heteroatoms. The minimum absolute atomic E-state index is 0.0487. The molecule has 2 amide bonds. The minimum atomic E-state index is -0.650. The summed E-state index contributed by atoms with van der Waals surface area (Å²) in [5.41, 5.74) is 3.90. The van der Waals surface area contributed by atoms with Gasteiger partial charge in [-0.25, -0.2) is 0 Å². The third-order valence-electron chi connectivity index (χ3n) is 6.32. The molecule has 0 radical (unpaired) electrons. The van der Waals surface area contributed by atoms with E-state index in [9.17, 15) is 9.59 Å². The first-order valence-electron chi connectivity index (χ1n) is 13.0. The molecule has 3 rings (SSSR count). The molecule has 0 aliphatic heterocycles. The molecule has 0 aromatic heterocycles. The standard InChI is InChI=1S/C32H40N2O3/c1-6-24-15-17-25(18-16-24)19-20-30(35)34(23-27-13-10-14-28(21-27)37-5)29(31(36)33-32(2,3)4)22-26-11-8-7-9-12-26/h7-18,21,29H,6,19-20,22-23H2,1-5H3,(H,33,36)/t29-/m0/s1. The molecule has 0 aliphatic carbocycles. The molecule has 5 nitrogen and oxygen atoms in total. The zero-order chi connectivity index (χ0) is 26.8. The average molecular weight is 501 g/mol. The summed E-state index contributed by atoms with van der Waals surface area (Å²) in [6.07, 6.45) is 2.36. The van der Waals surface area contributed by atoms with Crippen LogP contribution >= 0.6 is 0 Å². The normalized spacial score (nSPS) is 12.0. The fourth-order valence-electron chi connectivity index (χ4n) is 4.31. The van der Waals surface area contributed by atoms with Gasteiger partial charge in [0.15, 0.2) is 0 Å². The smallest absolute Gasteiger partial charge is 0.243 e. The van der Waals surface area contributed by atoms with Crippen LogP contribution in [0.1, 0.15) is 56.4 Å². The van der Waals surface area contributed by atoms with Gasteiger partial charge >= 0.3 is 0 Å². The molecule has 0 bridgehead atoms. The van der Waals surface area contributed by atoms with Crippen LogP contribution in [-0.4, -0.2) is 35.4 Å². The number of carbonyl (C=O) groups is 2. The monoisotopic (exact) mass is 500 g/mol. The highest BCUT2D eigenvalue weighted by molar-refractivity contribution is 5.88. The molecule has 3 aromatic carbocycles. The summed E-state index contributed by atoms with van der Waals surface area (Å²) in [6, 6.07) is 25.3. The number of nitrogens with zero attached hydrogens (tertiary/aromatic N) is 1. The van der Waals surface area contributed by atoms with Gasteiger partial charge in [0.1, 0.15) is 11.8 Å². The predicted molar refractivity (Wildman–Crippen MR) is 150 cm³/mol. The van der Waals surface area contributed by atoms with Crippen LogP contribution in [0.5, 0.6) is 5.75 Å². The third kappa shape index (κ3) is 8.78. The fourth-order valence-corrected chi connectivity index (χ4v) is 4.31. The number of aryl methyl sites for hydroxylation is 2. The van der Waals surface area contributed by atoms with Gasteiger partial charge in [-0.05, 0) is 68.0 Å². The predicted octanol–water partition coefficient (Wildman–Crippen LogP) is 5.75. The Morgan fingerprint density at radius 1 is 0.865 bits per heavy atom. The van der Waals surface area contributed by atoms with Gasteiger partial charge in [0.2, 0.25) is 11.8 Å². The van der Waals surface area contributed by atoms with Crippen molar-refractivity contribution < 1.29 is 14.3 Å². The lowest BCUT2D eigenvalue weighted by Crippen LogP contribution is -2.54. The zero-order valence-electron chi connectivity index (χ0n) is 22.8. The van der Waals surface area contributed by atoms with Gasteiger partial charge in [-0.2, -0.15) is 0 Å². The van der Waals surface area contributed by atoms with E-state index in [0.29, 0.717) is 25.8 Å². The van der Waals surface area contributed by atoms with Crippen molar-refractivity contribution in [3.8, 4) is 5.75 Å². The summed E-state index contributed by atoms with van der Waals surface area (Å²) in [5.74, 6) is 0.520. The highest BCUT2D eigenvalue weighted by Crippen LogP contribution is 2.20. The van der Waals surface area contributed by atoms with E-state index in [1.54, 1.807) is 12.0 Å². The first kappa shape index (κ1) is 28.0. The van der Waals surface area contributed by atoms with Crippen molar-refractivity contribution in [3.05, 3.63) is 101 Å². The van der Waals surface area contributed by atoms with Crippen LogP contribution in [0.4, 0.5) is 0 Å². The first-order chi connectivity index (χ1) is 17.7. The van der Waals surface area contributed by atoms with E-state index in [0.717, 1.165) is 28.9 Å². The zero-order valence-corrected chi connectivity index (χ0v) is 22.8. The third-order valence-corrected chi connectivity index (χ3v) is 6.32. The number of rotatable bonds is 11. The molecule has 0 saturated heterocycles. The van der Waals surface area contributed by atoms with E-state index in [2.05, 4.69) is 36.5 Å². The maximum absolute atomic E-state index is 13.8. The van der Waals surface area contributed by atoms with Crippen LogP contribution in [-0.2, 0) is 35.4 Å². The Morgan fingerprint density at radius 2 is 1.51 bits per heavy atom. The summed E-state index contributed by atoms with van der Waals surface area (Å²) >= 11 is 0. The Kier molecular flexibility index (Phi) is 9.90. The lowest BCUT2D eigenvalue weighted by Gasteiger charge is -2.34. The van der Waals surface area contributed by atoms with E-state index >= 15 is 0 Å². The van der Waals surface area contributed by atoms with Gasteiger partial charge in [-0.15, -0.1) is 0 Å². The fraction of sp³-hybridized carbons (Fsp3) is 0.375. The highest BCUT2D eigenvalue weighted by atomic mass is 16.5. The van der Waals surface area contributed by atoms with Crippen molar-refractivity contribution in [3.63, 3.8) is 0 Å². The van der Waals surface area contributed by atoms with Crippen molar-refractivity contribution in [1.82, 2.24) is 10.2 Å². The van der Waals surface area contributed by atoms with E-state index in [1.807, 2.05) is 75.4 Å². The summed E-state index contributed by atoms with van der Waals surface area (Å²) in [5, 5.41) is 3.11. The summed E-state index contributed by atoms with van der Waals surface area (Å²) < 4.78 is 5.41. The van der Waals surface area contributed by atoms with Crippen molar-refractivity contribution in [2.75, 3.05) is 7.11 Å². The molecule has 0 unspecified atom stereocenters. The summed E-state index contributed by atoms with van der Waals surface area (Å²) in [6.45, 7) is 8.32. The number of benzene rings is 3. The van der Waals surface area contributed by atoms with Crippen LogP contribution < -0.4 is 10.1 Å². The topological polar surface area (TPSA) is 58.6 Å². The Balaban J connectivity index is 1.92. The van der Waals surface area contributed by atoms with Gasteiger partial charge in [-0.1, -0.05) is 73.7 Å². The second-order valence-corrected chi connectivity index (χ2v) is 10.5. The number of amides is 2. The second kappa shape index (κ2) is 13.1. The molecule has 0 heterocycles. The molecule has 196 valence electrons. The molecule has 1 atom stereocenters. The quantitative estimate of drug-likeness (QED) is 0.365. The number of hydrogen-bond donors (Lipinski definition) is 1. The van der Waals surface area contributed by atoms with Crippen LogP contribution in [0, 0.1) is 0 Å². The van der Waals surface area contributed by atoms with Gasteiger partial charge in [-0.3, -0.25) is 9.59 Å². The summed E-state index contributed by atoms with van der Waals surface area (Å²) in [7, 11) is 1.63. The molecular weight excluding hydrogens is 460 g/mol. The van der Waals surface area contributed by atoms with Crippen LogP contribution in [0.25, 0.3) is 0 Å². The number of carbonyl (C=O) groups excluding carboxylic acids is 2. The first-order valence-corrected chi connectivity index (χ1v) is 13.0. The Hall–Kier alpha value is -3.60. The van der Waals surface area contributed by atoms with Crippen LogP contribution in [0.15, 0.2) is 78.9 Å². The van der Waals surface area contributed by atoms with Gasteiger partial charge < -0.3 is 15.0 Å². The molecule has 0 fully saturated rings. The molecule has 0 aliphatic rings. The molecule has 0 spiro atoms. The lowest BCUT2D eigenvalue weighted by atomic mass is 9.99. The van der Waals surface area contributed by atoms with Crippen molar-refractivity contribution in [2.45, 2.75) is 71.5 Å². The van der Waals surface area contributed by atoms with Crippen molar-refractivity contribution >= 4 is 11.8 Å². The van der Waals surface area contributed by atoms with E-state index in [4.69, 9.17) is 4.74 Å². The number of hydrogen-bond acceptors (Lipinski definition) is 3. The van der Waals surface area contributed by atoms with Gasteiger partial charge in [0.25, 0.3) is 0 Å². The molecule has 3 aromatic rings. The van der Waals surface area contributed by atoms with Gasteiger partial charge in [0.05, 0.1) is 7.11 Å². The van der Waals surface area contributed by atoms with E-state index in [1.165, 1.54) is 5.56 Å². The maximum atomic E-state index is 13.8. The average Bonchev–Trinajstić information content (AvgIpc) is 2.89.